The van der Waals surface area contributed by atoms with Crippen LogP contribution in [0.2, 0.25) is 0 Å². The number of hydrogen-bond donors (Lipinski definition) is 2. The number of piperidine rings is 1. The Labute approximate surface area is 154 Å². The molecule has 3 amide bonds. The molecule has 0 unspecified atom stereocenters. The zero-order valence-corrected chi connectivity index (χ0v) is 16.7. The molecular weight excluding hydrogens is 396 g/mol. The minimum Gasteiger partial charge on any atom is -0.444 e. The van der Waals surface area contributed by atoms with Gasteiger partial charge in [-0.3, -0.25) is 5.32 Å². The number of aromatic nitrogens is 1. The number of likely N-dealkylation sites (tertiary alicyclic amines) is 1. The Morgan fingerprint density at radius 1 is 1.42 bits per heavy atom. The first kappa shape index (κ1) is 19.0. The Bertz CT molecular complexity index is 614. The smallest absolute Gasteiger partial charge is 0.410 e. The molecule has 2 rings (SSSR count). The number of urea groups is 1. The summed E-state index contributed by atoms with van der Waals surface area (Å²) in [6, 6.07) is -0.416. The van der Waals surface area contributed by atoms with E-state index < -0.39 is 5.60 Å². The molecule has 2 heterocycles. The molecule has 24 heavy (non-hydrogen) atoms. The van der Waals surface area contributed by atoms with Crippen molar-refractivity contribution in [3.8, 4) is 0 Å². The first-order chi connectivity index (χ1) is 11.1. The van der Waals surface area contributed by atoms with Gasteiger partial charge in [0.2, 0.25) is 0 Å². The van der Waals surface area contributed by atoms with Crippen LogP contribution in [0.3, 0.4) is 0 Å². The average Bonchev–Trinajstić information content (AvgIpc) is 2.75. The van der Waals surface area contributed by atoms with Gasteiger partial charge in [0.05, 0.1) is 0 Å². The summed E-state index contributed by atoms with van der Waals surface area (Å²) < 4.78 is 6.12. The van der Waals surface area contributed by atoms with Gasteiger partial charge < -0.3 is 15.0 Å². The number of carbonyl (C=O) groups excluding carboxylic acids is 2. The van der Waals surface area contributed by atoms with E-state index in [1.54, 1.807) is 4.90 Å². The van der Waals surface area contributed by atoms with Crippen LogP contribution in [0.25, 0.3) is 0 Å². The van der Waals surface area contributed by atoms with E-state index in [4.69, 9.17) is 4.74 Å². The zero-order chi connectivity index (χ0) is 17.9. The van der Waals surface area contributed by atoms with Gasteiger partial charge in [-0.2, -0.15) is 0 Å². The fourth-order valence-corrected chi connectivity index (χ4v) is 3.89. The highest BCUT2D eigenvalue weighted by atomic mass is 79.9. The van der Waals surface area contributed by atoms with Gasteiger partial charge in [0.1, 0.15) is 11.4 Å². The first-order valence-electron chi connectivity index (χ1n) is 7.82. The Morgan fingerprint density at radius 3 is 2.71 bits per heavy atom. The van der Waals surface area contributed by atoms with Crippen LogP contribution >= 0.6 is 27.3 Å². The van der Waals surface area contributed by atoms with Crippen LogP contribution in [0.15, 0.2) is 3.92 Å². The summed E-state index contributed by atoms with van der Waals surface area (Å²) in [5, 5.41) is 5.65. The second-order valence-corrected chi connectivity index (χ2v) is 9.21. The van der Waals surface area contributed by atoms with Crippen LogP contribution in [0.5, 0.6) is 0 Å². The zero-order valence-electron chi connectivity index (χ0n) is 14.3. The Morgan fingerprint density at radius 2 is 2.12 bits per heavy atom. The SMILES string of the molecule is Cc1sc(Br)nc1NC(=O)N[C@H]1CCCN(C(=O)OC(C)(C)C)C1. The minimum atomic E-state index is -0.523. The number of nitrogens with one attached hydrogen (secondary N) is 2. The van der Waals surface area contributed by atoms with Crippen molar-refractivity contribution in [2.75, 3.05) is 18.4 Å². The van der Waals surface area contributed by atoms with Crippen LogP contribution in [-0.2, 0) is 4.74 Å². The molecule has 0 spiro atoms. The van der Waals surface area contributed by atoms with E-state index in [0.717, 1.165) is 21.6 Å². The third-order valence-corrected chi connectivity index (χ3v) is 4.83. The van der Waals surface area contributed by atoms with Gasteiger partial charge in [-0.1, -0.05) is 0 Å². The van der Waals surface area contributed by atoms with E-state index in [2.05, 4.69) is 31.5 Å². The summed E-state index contributed by atoms with van der Waals surface area (Å²) in [7, 11) is 0. The first-order valence-corrected chi connectivity index (χ1v) is 9.43. The number of carbonyl (C=O) groups is 2. The predicted molar refractivity (Wildman–Crippen MR) is 97.5 cm³/mol. The van der Waals surface area contributed by atoms with E-state index in [1.807, 2.05) is 27.7 Å². The topological polar surface area (TPSA) is 83.6 Å². The number of halogens is 1. The highest BCUT2D eigenvalue weighted by Gasteiger charge is 2.28. The number of rotatable bonds is 2. The maximum Gasteiger partial charge on any atom is 0.410 e. The van der Waals surface area contributed by atoms with Crippen molar-refractivity contribution in [3.05, 3.63) is 8.79 Å². The minimum absolute atomic E-state index is 0.103. The van der Waals surface area contributed by atoms with Gasteiger partial charge in [0.25, 0.3) is 0 Å². The molecule has 1 saturated heterocycles. The lowest BCUT2D eigenvalue weighted by Gasteiger charge is -2.34. The van der Waals surface area contributed by atoms with E-state index in [0.29, 0.717) is 18.9 Å². The van der Waals surface area contributed by atoms with E-state index in [1.165, 1.54) is 11.3 Å². The number of ether oxygens (including phenoxy) is 1. The van der Waals surface area contributed by atoms with Crippen LogP contribution < -0.4 is 10.6 Å². The molecule has 1 aromatic heterocycles. The summed E-state index contributed by atoms with van der Waals surface area (Å²) in [6.07, 6.45) is 1.31. The predicted octanol–water partition coefficient (Wildman–Crippen LogP) is 3.74. The average molecular weight is 419 g/mol. The number of thiazole rings is 1. The van der Waals surface area contributed by atoms with Crippen molar-refractivity contribution in [1.82, 2.24) is 15.2 Å². The summed E-state index contributed by atoms with van der Waals surface area (Å²) >= 11 is 4.76. The number of amides is 3. The fraction of sp³-hybridized carbons (Fsp3) is 0.667. The Hall–Kier alpha value is -1.35. The number of nitrogens with zero attached hydrogens (tertiary/aromatic N) is 2. The van der Waals surface area contributed by atoms with Crippen molar-refractivity contribution in [1.29, 1.82) is 0 Å². The molecule has 0 bridgehead atoms. The van der Waals surface area contributed by atoms with Crippen molar-refractivity contribution < 1.29 is 14.3 Å². The van der Waals surface area contributed by atoms with Crippen molar-refractivity contribution >= 4 is 45.2 Å². The fourth-order valence-electron chi connectivity index (χ4n) is 2.40. The van der Waals surface area contributed by atoms with E-state index in [-0.39, 0.29) is 18.2 Å². The van der Waals surface area contributed by atoms with Crippen molar-refractivity contribution in [2.24, 2.45) is 0 Å². The normalized spacial score (nSPS) is 18.2. The van der Waals surface area contributed by atoms with Gasteiger partial charge in [-0.15, -0.1) is 11.3 Å². The van der Waals surface area contributed by atoms with Gasteiger partial charge in [0, 0.05) is 24.0 Å². The van der Waals surface area contributed by atoms with Gasteiger partial charge in [-0.25, -0.2) is 14.6 Å². The molecule has 2 N–H and O–H groups in total. The summed E-state index contributed by atoms with van der Waals surface area (Å²) in [5.74, 6) is 0.546. The third-order valence-electron chi connectivity index (χ3n) is 3.41. The summed E-state index contributed by atoms with van der Waals surface area (Å²) in [4.78, 5) is 31.1. The maximum absolute atomic E-state index is 12.1. The molecule has 9 heteroatoms. The number of hydrogen-bond acceptors (Lipinski definition) is 5. The second-order valence-electron chi connectivity index (χ2n) is 6.74. The molecule has 1 atom stereocenters. The van der Waals surface area contributed by atoms with Gasteiger partial charge >= 0.3 is 12.1 Å². The van der Waals surface area contributed by atoms with Crippen LogP contribution in [0, 0.1) is 6.92 Å². The van der Waals surface area contributed by atoms with Crippen LogP contribution in [0.4, 0.5) is 15.4 Å². The lowest BCUT2D eigenvalue weighted by atomic mass is 10.1. The van der Waals surface area contributed by atoms with Crippen LogP contribution in [0.1, 0.15) is 38.5 Å². The molecule has 0 saturated carbocycles. The molecule has 1 fully saturated rings. The lowest BCUT2D eigenvalue weighted by Crippen LogP contribution is -2.51. The molecule has 7 nitrogen and oxygen atoms in total. The molecule has 1 aliphatic heterocycles. The largest absolute Gasteiger partial charge is 0.444 e. The number of aryl methyl sites for hydroxylation is 1. The Balaban J connectivity index is 1.87. The highest BCUT2D eigenvalue weighted by Crippen LogP contribution is 2.26. The second kappa shape index (κ2) is 7.69. The third kappa shape index (κ3) is 5.62. The Kier molecular flexibility index (Phi) is 6.08. The summed E-state index contributed by atoms with van der Waals surface area (Å²) in [6.45, 7) is 8.50. The molecule has 1 aromatic rings. The quantitative estimate of drug-likeness (QED) is 0.765. The molecule has 0 radical (unpaired) electrons. The molecule has 0 aromatic carbocycles. The van der Waals surface area contributed by atoms with Crippen molar-refractivity contribution in [2.45, 2.75) is 52.2 Å². The molecular formula is C15H23BrN4O3S. The molecule has 1 aliphatic rings. The molecule has 0 aliphatic carbocycles. The van der Waals surface area contributed by atoms with Gasteiger partial charge in [0.15, 0.2) is 3.92 Å². The van der Waals surface area contributed by atoms with E-state index >= 15 is 0 Å². The summed E-state index contributed by atoms with van der Waals surface area (Å²) in [5.41, 5.74) is -0.523. The van der Waals surface area contributed by atoms with Crippen LogP contribution in [-0.4, -0.2) is 46.7 Å². The van der Waals surface area contributed by atoms with Gasteiger partial charge in [-0.05, 0) is 56.5 Å². The van der Waals surface area contributed by atoms with E-state index in [9.17, 15) is 9.59 Å². The molecule has 134 valence electrons. The monoisotopic (exact) mass is 418 g/mol. The standard InChI is InChI=1S/C15H23BrN4O3S/c1-9-11(18-12(16)24-9)19-13(21)17-10-6-5-7-20(8-10)14(22)23-15(2,3)4/h10H,5-8H2,1-4H3,(H2,17,19,21)/t10-/m0/s1. The number of anilines is 1. The highest BCUT2D eigenvalue weighted by molar-refractivity contribution is 9.11. The lowest BCUT2D eigenvalue weighted by molar-refractivity contribution is 0.0191. The maximum atomic E-state index is 12.1. The van der Waals surface area contributed by atoms with Crippen molar-refractivity contribution in [3.63, 3.8) is 0 Å².